The number of hydrogen-bond donors (Lipinski definition) is 2. The molecule has 0 fully saturated rings. The smallest absolute Gasteiger partial charge is 0.263 e. The normalized spacial score (nSPS) is 13.3. The molecule has 0 unspecified atom stereocenters. The fraction of sp³-hybridized carbons (Fsp3) is 0.294. The highest BCUT2D eigenvalue weighted by Gasteiger charge is 2.16. The average Bonchev–Trinajstić information content (AvgIpc) is 2.96. The third kappa shape index (κ3) is 5.69. The second kappa shape index (κ2) is 10.1. The van der Waals surface area contributed by atoms with Gasteiger partial charge in [-0.15, -0.1) is 36.2 Å². The number of thiazole rings is 1. The molecule has 0 aliphatic carbocycles. The predicted molar refractivity (Wildman–Crippen MR) is 110 cm³/mol. The molecule has 0 spiro atoms. The van der Waals surface area contributed by atoms with Crippen LogP contribution in [0.1, 0.15) is 21.8 Å². The van der Waals surface area contributed by atoms with Gasteiger partial charge in [-0.3, -0.25) is 4.79 Å². The number of aryl methyl sites for hydroxylation is 1. The molecule has 1 aromatic carbocycles. The minimum atomic E-state index is -0.0559. The number of nitrogens with one attached hydrogen (secondary N) is 2. The van der Waals surface area contributed by atoms with E-state index in [2.05, 4.69) is 21.7 Å². The van der Waals surface area contributed by atoms with E-state index < -0.39 is 0 Å². The van der Waals surface area contributed by atoms with Crippen molar-refractivity contribution in [3.05, 3.63) is 51.5 Å². The summed E-state index contributed by atoms with van der Waals surface area (Å²) in [6.07, 6.45) is 3.13. The van der Waals surface area contributed by atoms with Crippen molar-refractivity contribution in [2.24, 2.45) is 0 Å². The van der Waals surface area contributed by atoms with Crippen molar-refractivity contribution in [1.29, 1.82) is 0 Å². The molecule has 1 aromatic heterocycles. The lowest BCUT2D eigenvalue weighted by Crippen LogP contribution is -2.29. The molecule has 8 heteroatoms. The molecule has 0 radical (unpaired) electrons. The highest BCUT2D eigenvalue weighted by atomic mass is 35.5. The predicted octanol–water partition coefficient (Wildman–Crippen LogP) is 4.27. The molecule has 1 aliphatic heterocycles. The number of hydrogen-bond acceptors (Lipinski definition) is 4. The summed E-state index contributed by atoms with van der Waals surface area (Å²) < 4.78 is 0. The van der Waals surface area contributed by atoms with Gasteiger partial charge in [0.2, 0.25) is 0 Å². The van der Waals surface area contributed by atoms with Crippen LogP contribution in [0.4, 0.5) is 0 Å². The molecular formula is C17H20Cl3N3OS. The number of nitrogens with zero attached hydrogens (tertiary/aromatic N) is 1. The Morgan fingerprint density at radius 3 is 2.68 bits per heavy atom. The van der Waals surface area contributed by atoms with Crippen molar-refractivity contribution in [1.82, 2.24) is 15.6 Å². The van der Waals surface area contributed by atoms with Gasteiger partial charge in [0.15, 0.2) is 0 Å². The Kier molecular flexibility index (Phi) is 8.89. The largest absolute Gasteiger partial charge is 0.348 e. The van der Waals surface area contributed by atoms with E-state index in [0.717, 1.165) is 35.8 Å². The van der Waals surface area contributed by atoms with Gasteiger partial charge in [-0.2, -0.15) is 0 Å². The Morgan fingerprint density at radius 1 is 1.32 bits per heavy atom. The fourth-order valence-corrected chi connectivity index (χ4v) is 3.54. The van der Waals surface area contributed by atoms with Gasteiger partial charge in [-0.25, -0.2) is 4.98 Å². The number of amides is 1. The van der Waals surface area contributed by atoms with E-state index in [4.69, 9.17) is 11.6 Å². The standard InChI is InChI=1S/C17H18ClN3OS.2ClH/c1-11-15(16(22)20-10-12-6-8-19-9-7-12)23-17(21-11)13-2-4-14(18)5-3-13;;/h2-6,19H,7-10H2,1H3,(H,20,22);2*1H. The molecule has 25 heavy (non-hydrogen) atoms. The Bertz CT molecular complexity index is 744. The summed E-state index contributed by atoms with van der Waals surface area (Å²) in [4.78, 5) is 17.6. The lowest BCUT2D eigenvalue weighted by atomic mass is 10.1. The molecule has 1 aliphatic rings. The van der Waals surface area contributed by atoms with E-state index >= 15 is 0 Å². The second-order valence-electron chi connectivity index (χ2n) is 5.44. The second-order valence-corrected chi connectivity index (χ2v) is 6.88. The zero-order valence-corrected chi connectivity index (χ0v) is 16.9. The van der Waals surface area contributed by atoms with Crippen LogP contribution in [-0.2, 0) is 0 Å². The van der Waals surface area contributed by atoms with E-state index in [1.165, 1.54) is 16.9 Å². The van der Waals surface area contributed by atoms with Gasteiger partial charge in [0.05, 0.1) is 5.69 Å². The highest BCUT2D eigenvalue weighted by molar-refractivity contribution is 7.17. The third-order valence-corrected chi connectivity index (χ3v) is 5.19. The molecular weight excluding hydrogens is 401 g/mol. The van der Waals surface area contributed by atoms with Crippen LogP contribution in [0.3, 0.4) is 0 Å². The van der Waals surface area contributed by atoms with E-state index in [0.29, 0.717) is 16.4 Å². The van der Waals surface area contributed by atoms with Gasteiger partial charge in [0.25, 0.3) is 5.91 Å². The van der Waals surface area contributed by atoms with Crippen LogP contribution < -0.4 is 10.6 Å². The maximum Gasteiger partial charge on any atom is 0.263 e. The number of rotatable bonds is 4. The maximum absolute atomic E-state index is 12.4. The summed E-state index contributed by atoms with van der Waals surface area (Å²) in [5, 5.41) is 7.79. The molecule has 2 heterocycles. The van der Waals surface area contributed by atoms with Crippen LogP contribution in [-0.4, -0.2) is 30.5 Å². The molecule has 4 nitrogen and oxygen atoms in total. The van der Waals surface area contributed by atoms with Gasteiger partial charge >= 0.3 is 0 Å². The first-order chi connectivity index (χ1) is 11.1. The minimum absolute atomic E-state index is 0. The number of carbonyl (C=O) groups excluding carboxylic acids is 1. The first-order valence-electron chi connectivity index (χ1n) is 7.53. The molecule has 1 amide bonds. The first kappa shape index (κ1) is 21.9. The summed E-state index contributed by atoms with van der Waals surface area (Å²) in [5.74, 6) is -0.0559. The van der Waals surface area contributed by atoms with Crippen molar-refractivity contribution >= 4 is 53.7 Å². The maximum atomic E-state index is 12.4. The summed E-state index contributed by atoms with van der Waals surface area (Å²) in [5.41, 5.74) is 3.01. The lowest BCUT2D eigenvalue weighted by Gasteiger charge is -2.14. The number of carbonyl (C=O) groups is 1. The van der Waals surface area contributed by atoms with E-state index in [-0.39, 0.29) is 30.7 Å². The minimum Gasteiger partial charge on any atom is -0.348 e. The topological polar surface area (TPSA) is 54.0 Å². The van der Waals surface area contributed by atoms with Crippen LogP contribution in [0.25, 0.3) is 10.6 Å². The van der Waals surface area contributed by atoms with Crippen LogP contribution in [0.5, 0.6) is 0 Å². The van der Waals surface area contributed by atoms with Crippen molar-refractivity contribution < 1.29 is 4.79 Å². The van der Waals surface area contributed by atoms with E-state index in [1.54, 1.807) is 0 Å². The Labute approximate surface area is 168 Å². The molecule has 0 saturated carbocycles. The Balaban J connectivity index is 0.00000156. The van der Waals surface area contributed by atoms with Gasteiger partial charge in [-0.1, -0.05) is 35.4 Å². The summed E-state index contributed by atoms with van der Waals surface area (Å²) in [6.45, 7) is 4.33. The Morgan fingerprint density at radius 2 is 2.04 bits per heavy atom. The van der Waals surface area contributed by atoms with Crippen LogP contribution in [0.2, 0.25) is 5.02 Å². The average molecular weight is 421 g/mol. The van der Waals surface area contributed by atoms with Crippen molar-refractivity contribution in [2.45, 2.75) is 13.3 Å². The lowest BCUT2D eigenvalue weighted by molar-refractivity contribution is 0.0960. The van der Waals surface area contributed by atoms with Crippen LogP contribution in [0.15, 0.2) is 35.9 Å². The van der Waals surface area contributed by atoms with E-state index in [1.807, 2.05) is 31.2 Å². The Hall–Kier alpha value is -1.11. The molecule has 0 atom stereocenters. The molecule has 0 saturated heterocycles. The molecule has 3 rings (SSSR count). The molecule has 2 N–H and O–H groups in total. The number of aromatic nitrogens is 1. The van der Waals surface area contributed by atoms with Crippen LogP contribution >= 0.6 is 47.8 Å². The molecule has 2 aromatic rings. The van der Waals surface area contributed by atoms with Gasteiger partial charge in [0, 0.05) is 23.7 Å². The number of benzene rings is 1. The monoisotopic (exact) mass is 419 g/mol. The van der Waals surface area contributed by atoms with Gasteiger partial charge < -0.3 is 10.6 Å². The zero-order chi connectivity index (χ0) is 16.2. The van der Waals surface area contributed by atoms with Crippen molar-refractivity contribution in [3.8, 4) is 10.6 Å². The fourth-order valence-electron chi connectivity index (χ4n) is 2.43. The summed E-state index contributed by atoms with van der Waals surface area (Å²) in [6, 6.07) is 7.50. The van der Waals surface area contributed by atoms with Crippen molar-refractivity contribution in [3.63, 3.8) is 0 Å². The first-order valence-corrected chi connectivity index (χ1v) is 8.73. The zero-order valence-electron chi connectivity index (χ0n) is 13.7. The third-order valence-electron chi connectivity index (χ3n) is 3.73. The highest BCUT2D eigenvalue weighted by Crippen LogP contribution is 2.28. The summed E-state index contributed by atoms with van der Waals surface area (Å²) in [7, 11) is 0. The van der Waals surface area contributed by atoms with Crippen molar-refractivity contribution in [2.75, 3.05) is 19.6 Å². The molecule has 0 bridgehead atoms. The SMILES string of the molecule is Cc1nc(-c2ccc(Cl)cc2)sc1C(=O)NCC1=CCNCC1.Cl.Cl. The van der Waals surface area contributed by atoms with Gasteiger partial charge in [0.1, 0.15) is 9.88 Å². The van der Waals surface area contributed by atoms with Gasteiger partial charge in [-0.05, 0) is 32.0 Å². The van der Waals surface area contributed by atoms with E-state index in [9.17, 15) is 4.79 Å². The molecule has 136 valence electrons. The summed E-state index contributed by atoms with van der Waals surface area (Å²) >= 11 is 7.33. The van der Waals surface area contributed by atoms with Crippen LogP contribution in [0, 0.1) is 6.92 Å². The number of halogens is 3. The quantitative estimate of drug-likeness (QED) is 0.726.